The van der Waals surface area contributed by atoms with Crippen molar-refractivity contribution < 1.29 is 0 Å². The summed E-state index contributed by atoms with van der Waals surface area (Å²) in [4.78, 5) is 6.94. The van der Waals surface area contributed by atoms with Crippen LogP contribution in [-0.2, 0) is 0 Å². The zero-order chi connectivity index (χ0) is 21.8. The molecule has 0 spiro atoms. The first kappa shape index (κ1) is 23.7. The second kappa shape index (κ2) is 12.9. The number of para-hydroxylation sites is 1. The van der Waals surface area contributed by atoms with Crippen molar-refractivity contribution in [2.24, 2.45) is 4.99 Å². The Morgan fingerprint density at radius 2 is 1.47 bits per heavy atom. The Hall–Kier alpha value is -2.58. The van der Waals surface area contributed by atoms with Gasteiger partial charge in [0, 0.05) is 30.6 Å². The molecule has 0 atom stereocenters. The van der Waals surface area contributed by atoms with Gasteiger partial charge in [-0.1, -0.05) is 79.5 Å². The van der Waals surface area contributed by atoms with Crippen LogP contribution in [0.1, 0.15) is 43.4 Å². The van der Waals surface area contributed by atoms with Crippen molar-refractivity contribution in [1.29, 1.82) is 0 Å². The van der Waals surface area contributed by atoms with Crippen LogP contribution < -0.4 is 4.90 Å². The highest BCUT2D eigenvalue weighted by Crippen LogP contribution is 2.24. The molecular weight excluding hydrogens is 388 g/mol. The zero-order valence-electron chi connectivity index (χ0n) is 18.6. The minimum Gasteiger partial charge on any atom is -0.372 e. The van der Waals surface area contributed by atoms with Crippen LogP contribution in [0, 0.1) is 13.8 Å². The lowest BCUT2D eigenvalue weighted by atomic mass is 10.2. The van der Waals surface area contributed by atoms with Crippen molar-refractivity contribution >= 4 is 29.2 Å². The zero-order valence-corrected chi connectivity index (χ0v) is 19.4. The van der Waals surface area contributed by atoms with Gasteiger partial charge in [0.1, 0.15) is 0 Å². The standard InChI is InChI=1S/C20H25ClN2.C7H8/c1-4-12-23(13-5-2)18-11-10-17(19(21)14-18)15-22-20-9-7-6-8-16(20)3;1-7-5-3-2-4-6-7/h6-11,14-15H,4-5,12-13H2,1-3H3;2-6H,1H3. The van der Waals surface area contributed by atoms with Crippen LogP contribution in [0.25, 0.3) is 0 Å². The highest BCUT2D eigenvalue weighted by molar-refractivity contribution is 6.33. The van der Waals surface area contributed by atoms with E-state index in [1.165, 1.54) is 11.3 Å². The lowest BCUT2D eigenvalue weighted by molar-refractivity contribution is 0.745. The van der Waals surface area contributed by atoms with Crippen LogP contribution in [-0.4, -0.2) is 19.3 Å². The molecule has 0 aliphatic heterocycles. The quantitative estimate of drug-likeness (QED) is 0.353. The van der Waals surface area contributed by atoms with E-state index in [2.05, 4.69) is 67.9 Å². The van der Waals surface area contributed by atoms with E-state index in [9.17, 15) is 0 Å². The van der Waals surface area contributed by atoms with Crippen molar-refractivity contribution in [3.63, 3.8) is 0 Å². The summed E-state index contributed by atoms with van der Waals surface area (Å²) < 4.78 is 0. The van der Waals surface area contributed by atoms with Gasteiger partial charge in [-0.2, -0.15) is 0 Å². The van der Waals surface area contributed by atoms with Gasteiger partial charge in [0.25, 0.3) is 0 Å². The SMILES string of the molecule is CCCN(CCC)c1ccc(C=Nc2ccccc2C)c(Cl)c1.Cc1ccccc1. The molecule has 0 heterocycles. The van der Waals surface area contributed by atoms with E-state index in [-0.39, 0.29) is 0 Å². The summed E-state index contributed by atoms with van der Waals surface area (Å²) in [6, 6.07) is 24.6. The van der Waals surface area contributed by atoms with Crippen LogP contribution in [0.5, 0.6) is 0 Å². The molecule has 3 aromatic carbocycles. The molecule has 0 bridgehead atoms. The van der Waals surface area contributed by atoms with Gasteiger partial charge in [-0.25, -0.2) is 0 Å². The number of benzene rings is 3. The van der Waals surface area contributed by atoms with Crippen molar-refractivity contribution in [2.75, 3.05) is 18.0 Å². The molecule has 2 nitrogen and oxygen atoms in total. The molecule has 158 valence electrons. The molecule has 3 rings (SSSR count). The lowest BCUT2D eigenvalue weighted by Gasteiger charge is -2.24. The maximum Gasteiger partial charge on any atom is 0.0659 e. The molecule has 0 saturated heterocycles. The Bertz CT molecular complexity index is 913. The molecular formula is C27H33ClN2. The summed E-state index contributed by atoms with van der Waals surface area (Å²) in [6.45, 7) is 10.7. The number of rotatable bonds is 7. The second-order valence-corrected chi connectivity index (χ2v) is 7.80. The van der Waals surface area contributed by atoms with E-state index in [0.29, 0.717) is 0 Å². The summed E-state index contributed by atoms with van der Waals surface area (Å²) in [5.74, 6) is 0. The average molecular weight is 421 g/mol. The average Bonchev–Trinajstić information content (AvgIpc) is 2.75. The van der Waals surface area contributed by atoms with E-state index in [0.717, 1.165) is 47.8 Å². The Morgan fingerprint density at radius 3 is 2.00 bits per heavy atom. The largest absolute Gasteiger partial charge is 0.372 e. The molecule has 3 heteroatoms. The molecule has 3 aromatic rings. The fourth-order valence-electron chi connectivity index (χ4n) is 3.11. The summed E-state index contributed by atoms with van der Waals surface area (Å²) >= 11 is 6.46. The third kappa shape index (κ3) is 7.68. The third-order valence-electron chi connectivity index (χ3n) is 4.73. The number of hydrogen-bond acceptors (Lipinski definition) is 2. The fraction of sp³-hybridized carbons (Fsp3) is 0.296. The molecule has 30 heavy (non-hydrogen) atoms. The van der Waals surface area contributed by atoms with Crippen LogP contribution in [0.2, 0.25) is 5.02 Å². The molecule has 0 N–H and O–H groups in total. The van der Waals surface area contributed by atoms with Crippen LogP contribution in [0.4, 0.5) is 11.4 Å². The second-order valence-electron chi connectivity index (χ2n) is 7.39. The maximum absolute atomic E-state index is 6.46. The van der Waals surface area contributed by atoms with E-state index < -0.39 is 0 Å². The molecule has 0 radical (unpaired) electrons. The Morgan fingerprint density at radius 1 is 0.833 bits per heavy atom. The topological polar surface area (TPSA) is 15.6 Å². The van der Waals surface area contributed by atoms with Crippen molar-refractivity contribution in [3.8, 4) is 0 Å². The van der Waals surface area contributed by atoms with E-state index in [1.54, 1.807) is 0 Å². The molecule has 0 aromatic heterocycles. The predicted molar refractivity (Wildman–Crippen MR) is 134 cm³/mol. The normalized spacial score (nSPS) is 10.6. The van der Waals surface area contributed by atoms with E-state index in [1.807, 2.05) is 48.7 Å². The molecule has 0 aliphatic rings. The van der Waals surface area contributed by atoms with Crippen LogP contribution in [0.15, 0.2) is 77.8 Å². The highest BCUT2D eigenvalue weighted by Gasteiger charge is 2.07. The number of anilines is 1. The van der Waals surface area contributed by atoms with Crippen molar-refractivity contribution in [1.82, 2.24) is 0 Å². The minimum absolute atomic E-state index is 0.747. The Balaban J connectivity index is 0.000000386. The Labute approximate surface area is 187 Å². The predicted octanol–water partition coefficient (Wildman–Crippen LogP) is 8.02. The Kier molecular flexibility index (Phi) is 10.2. The summed E-state index contributed by atoms with van der Waals surface area (Å²) in [5.41, 5.74) is 5.60. The minimum atomic E-state index is 0.747. The third-order valence-corrected chi connectivity index (χ3v) is 5.06. The molecule has 0 unspecified atom stereocenters. The van der Waals surface area contributed by atoms with Gasteiger partial charge < -0.3 is 4.90 Å². The molecule has 0 aliphatic carbocycles. The first-order chi connectivity index (χ1) is 14.5. The van der Waals surface area contributed by atoms with Crippen LogP contribution in [0.3, 0.4) is 0 Å². The summed E-state index contributed by atoms with van der Waals surface area (Å²) in [5, 5.41) is 0.747. The smallest absolute Gasteiger partial charge is 0.0659 e. The van der Waals surface area contributed by atoms with Gasteiger partial charge in [-0.15, -0.1) is 0 Å². The number of aliphatic imine (C=N–C) groups is 1. The van der Waals surface area contributed by atoms with Gasteiger partial charge >= 0.3 is 0 Å². The number of nitrogens with zero attached hydrogens (tertiary/aromatic N) is 2. The first-order valence-corrected chi connectivity index (χ1v) is 11.1. The van der Waals surface area contributed by atoms with Crippen molar-refractivity contribution in [3.05, 3.63) is 94.5 Å². The van der Waals surface area contributed by atoms with Crippen molar-refractivity contribution in [2.45, 2.75) is 40.5 Å². The summed E-state index contributed by atoms with van der Waals surface area (Å²) in [6.07, 6.45) is 4.11. The van der Waals surface area contributed by atoms with Gasteiger partial charge in [0.15, 0.2) is 0 Å². The van der Waals surface area contributed by atoms with E-state index >= 15 is 0 Å². The lowest BCUT2D eigenvalue weighted by Crippen LogP contribution is -2.24. The fourth-order valence-corrected chi connectivity index (χ4v) is 3.33. The molecule has 0 saturated carbocycles. The molecule has 0 fully saturated rings. The van der Waals surface area contributed by atoms with Crippen LogP contribution >= 0.6 is 11.6 Å². The first-order valence-electron chi connectivity index (χ1n) is 10.7. The van der Waals surface area contributed by atoms with E-state index in [4.69, 9.17) is 11.6 Å². The highest BCUT2D eigenvalue weighted by atomic mass is 35.5. The number of hydrogen-bond donors (Lipinski definition) is 0. The molecule has 0 amide bonds. The summed E-state index contributed by atoms with van der Waals surface area (Å²) in [7, 11) is 0. The number of halogens is 1. The number of aryl methyl sites for hydroxylation is 2. The van der Waals surface area contributed by atoms with Gasteiger partial charge in [0.05, 0.1) is 10.7 Å². The monoisotopic (exact) mass is 420 g/mol. The van der Waals surface area contributed by atoms with Gasteiger partial charge in [0.2, 0.25) is 0 Å². The van der Waals surface area contributed by atoms with Gasteiger partial charge in [-0.05, 0) is 56.5 Å². The maximum atomic E-state index is 6.46. The van der Waals surface area contributed by atoms with Gasteiger partial charge in [-0.3, -0.25) is 4.99 Å².